The Morgan fingerprint density at radius 3 is 3.06 bits per heavy atom. The van der Waals surface area contributed by atoms with Gasteiger partial charge in [0.1, 0.15) is 5.82 Å². The highest BCUT2D eigenvalue weighted by Crippen LogP contribution is 2.18. The minimum Gasteiger partial charge on any atom is -0.326 e. The molecular formula is C13H13N3O2. The van der Waals surface area contributed by atoms with Gasteiger partial charge in [0.2, 0.25) is 5.91 Å². The molecule has 5 heteroatoms. The number of amides is 1. The van der Waals surface area contributed by atoms with E-state index in [2.05, 4.69) is 10.3 Å². The highest BCUT2D eigenvalue weighted by Gasteiger charge is 2.15. The Balaban J connectivity index is 2.20. The topological polar surface area (TPSA) is 64.0 Å². The summed E-state index contributed by atoms with van der Waals surface area (Å²) in [6.45, 7) is 2.21. The second kappa shape index (κ2) is 3.94. The lowest BCUT2D eigenvalue weighted by atomic mass is 10.2. The van der Waals surface area contributed by atoms with Gasteiger partial charge in [0, 0.05) is 25.6 Å². The highest BCUT2D eigenvalue weighted by molar-refractivity contribution is 5.91. The lowest BCUT2D eigenvalue weighted by Crippen LogP contribution is -2.21. The first-order valence-electron chi connectivity index (χ1n) is 5.96. The summed E-state index contributed by atoms with van der Waals surface area (Å²) < 4.78 is 1.74. The van der Waals surface area contributed by atoms with Crippen LogP contribution in [0.25, 0.3) is 10.9 Å². The average Bonchev–Trinajstić information content (AvgIpc) is 2.76. The van der Waals surface area contributed by atoms with Gasteiger partial charge in [0.15, 0.2) is 0 Å². The zero-order valence-electron chi connectivity index (χ0n) is 10.1. The summed E-state index contributed by atoms with van der Waals surface area (Å²) in [5.74, 6) is 0.708. The van der Waals surface area contributed by atoms with Gasteiger partial charge in [-0.15, -0.1) is 0 Å². The molecular weight excluding hydrogens is 230 g/mol. The maximum Gasteiger partial charge on any atom is 0.261 e. The van der Waals surface area contributed by atoms with E-state index >= 15 is 0 Å². The number of hydrogen-bond donors (Lipinski definition) is 1. The van der Waals surface area contributed by atoms with Crippen molar-refractivity contribution in [3.05, 3.63) is 34.4 Å². The van der Waals surface area contributed by atoms with Crippen molar-refractivity contribution in [1.82, 2.24) is 9.55 Å². The number of fused-ring (bicyclic) bond motifs is 2. The molecule has 2 heterocycles. The first-order chi connectivity index (χ1) is 8.65. The van der Waals surface area contributed by atoms with Crippen LogP contribution in [0.2, 0.25) is 0 Å². The van der Waals surface area contributed by atoms with Crippen molar-refractivity contribution in [2.24, 2.45) is 0 Å². The number of anilines is 1. The fourth-order valence-electron chi connectivity index (χ4n) is 2.36. The third kappa shape index (κ3) is 1.68. The summed E-state index contributed by atoms with van der Waals surface area (Å²) >= 11 is 0. The van der Waals surface area contributed by atoms with E-state index in [0.29, 0.717) is 16.6 Å². The Bertz CT molecular complexity index is 703. The fourth-order valence-corrected chi connectivity index (χ4v) is 2.36. The van der Waals surface area contributed by atoms with Crippen molar-refractivity contribution >= 4 is 22.5 Å². The van der Waals surface area contributed by atoms with E-state index in [0.717, 1.165) is 25.2 Å². The van der Waals surface area contributed by atoms with E-state index in [-0.39, 0.29) is 11.5 Å². The Labute approximate surface area is 103 Å². The maximum absolute atomic E-state index is 12.2. The molecule has 2 aromatic rings. The number of carbonyl (C=O) groups excluding carboxylic acids is 1. The van der Waals surface area contributed by atoms with Crippen LogP contribution in [-0.4, -0.2) is 15.5 Å². The molecule has 3 rings (SSSR count). The molecule has 92 valence electrons. The van der Waals surface area contributed by atoms with Crippen LogP contribution in [0.3, 0.4) is 0 Å². The van der Waals surface area contributed by atoms with E-state index in [9.17, 15) is 9.59 Å². The van der Waals surface area contributed by atoms with Gasteiger partial charge < -0.3 is 5.32 Å². The normalized spacial score (nSPS) is 13.6. The van der Waals surface area contributed by atoms with Crippen LogP contribution in [-0.2, 0) is 17.8 Å². The second-order valence-corrected chi connectivity index (χ2v) is 4.50. The summed E-state index contributed by atoms with van der Waals surface area (Å²) in [7, 11) is 0. The van der Waals surface area contributed by atoms with Gasteiger partial charge in [-0.2, -0.15) is 0 Å². The SMILES string of the molecule is CC(=O)Nc1ccc2c(=O)n3c(nc2c1)CCC3. The molecule has 0 fully saturated rings. The van der Waals surface area contributed by atoms with Crippen molar-refractivity contribution in [3.8, 4) is 0 Å². The van der Waals surface area contributed by atoms with Crippen molar-refractivity contribution in [2.45, 2.75) is 26.3 Å². The Kier molecular flexibility index (Phi) is 2.40. The maximum atomic E-state index is 12.2. The van der Waals surface area contributed by atoms with Gasteiger partial charge in [-0.05, 0) is 24.6 Å². The Morgan fingerprint density at radius 2 is 2.28 bits per heavy atom. The predicted octanol–water partition coefficient (Wildman–Crippen LogP) is 1.30. The minimum absolute atomic E-state index is 0.0156. The van der Waals surface area contributed by atoms with Crippen LogP contribution in [0.5, 0.6) is 0 Å². The first kappa shape index (κ1) is 11.0. The van der Waals surface area contributed by atoms with Gasteiger partial charge in [-0.25, -0.2) is 4.98 Å². The smallest absolute Gasteiger partial charge is 0.261 e. The van der Waals surface area contributed by atoms with E-state index in [1.807, 2.05) is 0 Å². The number of nitrogens with zero attached hydrogens (tertiary/aromatic N) is 2. The van der Waals surface area contributed by atoms with Crippen molar-refractivity contribution in [2.75, 3.05) is 5.32 Å². The van der Waals surface area contributed by atoms with E-state index in [1.165, 1.54) is 6.92 Å². The standard InChI is InChI=1S/C13H13N3O2/c1-8(17)14-9-4-5-10-11(7-9)15-12-3-2-6-16(12)13(10)18/h4-5,7H,2-3,6H2,1H3,(H,14,17). The molecule has 0 saturated heterocycles. The average molecular weight is 243 g/mol. The molecule has 1 amide bonds. The lowest BCUT2D eigenvalue weighted by Gasteiger charge is -2.07. The van der Waals surface area contributed by atoms with Crippen LogP contribution in [0.4, 0.5) is 5.69 Å². The second-order valence-electron chi connectivity index (χ2n) is 4.50. The molecule has 0 bridgehead atoms. The third-order valence-electron chi connectivity index (χ3n) is 3.14. The molecule has 1 aromatic carbocycles. The number of aromatic nitrogens is 2. The quantitative estimate of drug-likeness (QED) is 0.821. The molecule has 5 nitrogen and oxygen atoms in total. The minimum atomic E-state index is -0.132. The summed E-state index contributed by atoms with van der Waals surface area (Å²) in [5.41, 5.74) is 1.34. The molecule has 18 heavy (non-hydrogen) atoms. The van der Waals surface area contributed by atoms with E-state index in [1.54, 1.807) is 22.8 Å². The van der Waals surface area contributed by atoms with Crippen molar-refractivity contribution in [1.29, 1.82) is 0 Å². The van der Waals surface area contributed by atoms with Crippen LogP contribution in [0.1, 0.15) is 19.2 Å². The molecule has 1 aromatic heterocycles. The molecule has 1 N–H and O–H groups in total. The lowest BCUT2D eigenvalue weighted by molar-refractivity contribution is -0.114. The van der Waals surface area contributed by atoms with Gasteiger partial charge in [0.25, 0.3) is 5.56 Å². The molecule has 1 aliphatic heterocycles. The van der Waals surface area contributed by atoms with Crippen LogP contribution in [0.15, 0.2) is 23.0 Å². The van der Waals surface area contributed by atoms with Crippen LogP contribution in [0, 0.1) is 0 Å². The first-order valence-corrected chi connectivity index (χ1v) is 5.96. The zero-order chi connectivity index (χ0) is 12.7. The number of carbonyl (C=O) groups is 1. The van der Waals surface area contributed by atoms with Gasteiger partial charge in [-0.3, -0.25) is 14.2 Å². The van der Waals surface area contributed by atoms with Crippen molar-refractivity contribution < 1.29 is 4.79 Å². The molecule has 0 unspecified atom stereocenters. The van der Waals surface area contributed by atoms with E-state index in [4.69, 9.17) is 0 Å². The number of hydrogen-bond acceptors (Lipinski definition) is 3. The number of rotatable bonds is 1. The largest absolute Gasteiger partial charge is 0.326 e. The zero-order valence-corrected chi connectivity index (χ0v) is 10.1. The van der Waals surface area contributed by atoms with Gasteiger partial charge >= 0.3 is 0 Å². The summed E-state index contributed by atoms with van der Waals surface area (Å²) in [6, 6.07) is 5.20. The Hall–Kier alpha value is -2.17. The predicted molar refractivity (Wildman–Crippen MR) is 68.6 cm³/mol. The summed E-state index contributed by atoms with van der Waals surface area (Å²) in [6.07, 6.45) is 1.81. The molecule has 1 aliphatic rings. The fraction of sp³-hybridized carbons (Fsp3) is 0.308. The molecule has 0 saturated carbocycles. The molecule has 0 aliphatic carbocycles. The summed E-state index contributed by atoms with van der Waals surface area (Å²) in [5, 5.41) is 3.30. The van der Waals surface area contributed by atoms with Crippen molar-refractivity contribution in [3.63, 3.8) is 0 Å². The van der Waals surface area contributed by atoms with Gasteiger partial charge in [0.05, 0.1) is 10.9 Å². The number of aryl methyl sites for hydroxylation is 1. The van der Waals surface area contributed by atoms with E-state index < -0.39 is 0 Å². The third-order valence-corrected chi connectivity index (χ3v) is 3.14. The van der Waals surface area contributed by atoms with Crippen LogP contribution < -0.4 is 10.9 Å². The van der Waals surface area contributed by atoms with Crippen LogP contribution >= 0.6 is 0 Å². The molecule has 0 atom stereocenters. The molecule has 0 spiro atoms. The molecule has 0 radical (unpaired) electrons. The Morgan fingerprint density at radius 1 is 1.44 bits per heavy atom. The highest BCUT2D eigenvalue weighted by atomic mass is 16.1. The monoisotopic (exact) mass is 243 g/mol. The number of nitrogens with one attached hydrogen (secondary N) is 1. The van der Waals surface area contributed by atoms with Gasteiger partial charge in [-0.1, -0.05) is 0 Å². The number of benzene rings is 1. The summed E-state index contributed by atoms with van der Waals surface area (Å²) in [4.78, 5) is 27.7.